The maximum atomic E-state index is 14.4. The lowest BCUT2D eigenvalue weighted by molar-refractivity contribution is -0.149. The van der Waals surface area contributed by atoms with Gasteiger partial charge in [-0.25, -0.2) is 28.2 Å². The zero-order valence-corrected chi connectivity index (χ0v) is 23.2. The minimum absolute atomic E-state index is 0.00196. The van der Waals surface area contributed by atoms with Crippen LogP contribution in [0.2, 0.25) is 0 Å². The first-order valence-electron chi connectivity index (χ1n) is 13.3. The molecule has 2 aliphatic heterocycles. The Balaban J connectivity index is 1.55. The predicted molar refractivity (Wildman–Crippen MR) is 144 cm³/mol. The van der Waals surface area contributed by atoms with Crippen LogP contribution >= 0.6 is 0 Å². The largest absolute Gasteiger partial charge is 0.494 e. The van der Waals surface area contributed by atoms with Crippen molar-refractivity contribution >= 4 is 11.9 Å². The summed E-state index contributed by atoms with van der Waals surface area (Å²) in [6.07, 6.45) is -2.39. The molecule has 3 heterocycles. The predicted octanol–water partition coefficient (Wildman–Crippen LogP) is 5.79. The molecule has 0 radical (unpaired) electrons. The van der Waals surface area contributed by atoms with Gasteiger partial charge in [0.2, 0.25) is 6.04 Å². The number of alkyl halides is 3. The Labute approximate surface area is 250 Å². The molecule has 1 aromatic heterocycles. The summed E-state index contributed by atoms with van der Waals surface area (Å²) in [5, 5.41) is 16.8. The Morgan fingerprint density at radius 2 is 1.80 bits per heavy atom. The lowest BCUT2D eigenvalue weighted by Crippen LogP contribution is -2.25. The summed E-state index contributed by atoms with van der Waals surface area (Å²) in [5.74, 6) is -5.09. The third-order valence-electron chi connectivity index (χ3n) is 6.37. The van der Waals surface area contributed by atoms with Crippen LogP contribution in [-0.4, -0.2) is 55.2 Å². The second-order valence-corrected chi connectivity index (χ2v) is 9.55. The molecule has 1 unspecified atom stereocenters. The van der Waals surface area contributed by atoms with Crippen molar-refractivity contribution in [2.45, 2.75) is 32.0 Å². The zero-order chi connectivity index (χ0) is 32.3. The Kier molecular flexibility index (Phi) is 8.74. The summed E-state index contributed by atoms with van der Waals surface area (Å²) >= 11 is 0. The number of carboxylic acid groups (broad SMARTS) is 1. The molecule has 2 aromatic carbocycles. The van der Waals surface area contributed by atoms with Gasteiger partial charge in [0.15, 0.2) is 23.2 Å². The minimum atomic E-state index is -4.80. The number of aromatic nitrogens is 5. The molecule has 1 N–H and O–H groups in total. The lowest BCUT2D eigenvalue weighted by atomic mass is 10.0. The fourth-order valence-corrected chi connectivity index (χ4v) is 4.28. The highest BCUT2D eigenvalue weighted by Crippen LogP contribution is 2.40. The molecule has 11 nitrogen and oxygen atoms in total. The molecule has 3 aromatic rings. The zero-order valence-electron chi connectivity index (χ0n) is 23.2. The van der Waals surface area contributed by atoms with Gasteiger partial charge in [-0.1, -0.05) is 18.1 Å². The van der Waals surface area contributed by atoms with Gasteiger partial charge >= 0.3 is 18.1 Å². The summed E-state index contributed by atoms with van der Waals surface area (Å²) < 4.78 is 86.9. The standard InChI is InChI=1S/C29H22F5N5O6/c1-2-9-43-15-6-7-16(18(11-15)29(32,33)34)20-12-23(45-38-20)26(28(42)44-10-8-24(40)41)39-14-22-21(13-35-39)36-27(37-22)17-4-3-5-19(30)25(17)31/h3-7,11-14,26H,2,8-10H2,1H3,(H,40,41). The van der Waals surface area contributed by atoms with Crippen molar-refractivity contribution in [3.8, 4) is 39.8 Å². The number of hydrogen-bond acceptors (Lipinski definition) is 9. The summed E-state index contributed by atoms with van der Waals surface area (Å²) in [7, 11) is 0. The third kappa shape index (κ3) is 6.73. The van der Waals surface area contributed by atoms with E-state index in [0.717, 1.165) is 35.1 Å². The van der Waals surface area contributed by atoms with Gasteiger partial charge in [-0.15, -0.1) is 0 Å². The number of aliphatic carboxylic acids is 1. The fourth-order valence-electron chi connectivity index (χ4n) is 4.28. The van der Waals surface area contributed by atoms with Gasteiger partial charge < -0.3 is 19.1 Å². The highest BCUT2D eigenvalue weighted by atomic mass is 19.4. The van der Waals surface area contributed by atoms with E-state index in [-0.39, 0.29) is 52.1 Å². The third-order valence-corrected chi connectivity index (χ3v) is 6.37. The smallest absolute Gasteiger partial charge is 0.417 e. The number of esters is 1. The Morgan fingerprint density at radius 3 is 2.53 bits per heavy atom. The molecule has 0 bridgehead atoms. The van der Waals surface area contributed by atoms with Crippen molar-refractivity contribution in [3.63, 3.8) is 0 Å². The monoisotopic (exact) mass is 631 g/mol. The van der Waals surface area contributed by atoms with Gasteiger partial charge in [-0.05, 0) is 36.8 Å². The van der Waals surface area contributed by atoms with E-state index in [9.17, 15) is 31.5 Å². The van der Waals surface area contributed by atoms with Crippen LogP contribution in [0.4, 0.5) is 22.0 Å². The first-order valence-corrected chi connectivity index (χ1v) is 13.3. The second-order valence-electron chi connectivity index (χ2n) is 9.55. The van der Waals surface area contributed by atoms with E-state index in [1.165, 1.54) is 24.4 Å². The topological polar surface area (TPSA) is 142 Å². The Hall–Kier alpha value is -5.41. The summed E-state index contributed by atoms with van der Waals surface area (Å²) in [5.41, 5.74) is -1.71. The van der Waals surface area contributed by atoms with Gasteiger partial charge in [0.25, 0.3) is 0 Å². The van der Waals surface area contributed by atoms with Gasteiger partial charge in [0.05, 0.1) is 36.5 Å². The number of carbonyl (C=O) groups excluding carboxylic acids is 1. The number of nitrogens with zero attached hydrogens (tertiary/aromatic N) is 5. The summed E-state index contributed by atoms with van der Waals surface area (Å²) in [6.45, 7) is 1.47. The molecule has 45 heavy (non-hydrogen) atoms. The molecule has 0 fully saturated rings. The molecule has 16 heteroatoms. The molecule has 0 saturated carbocycles. The first kappa shape index (κ1) is 31.0. The van der Waals surface area contributed by atoms with E-state index in [4.69, 9.17) is 19.1 Å². The number of ether oxygens (including phenoxy) is 2. The molecule has 2 aliphatic rings. The quantitative estimate of drug-likeness (QED) is 0.141. The number of halogens is 5. The average Bonchev–Trinajstić information content (AvgIpc) is 3.64. The number of hydrogen-bond donors (Lipinski definition) is 1. The molecule has 0 saturated heterocycles. The average molecular weight is 632 g/mol. The van der Waals surface area contributed by atoms with Crippen molar-refractivity contribution in [2.75, 3.05) is 13.2 Å². The number of carbonyl (C=O) groups is 2. The molecular weight excluding hydrogens is 609 g/mol. The number of fused-ring (bicyclic) bond motifs is 1. The van der Waals surface area contributed by atoms with Crippen molar-refractivity contribution in [3.05, 3.63) is 77.8 Å². The number of imidazole rings is 1. The first-order chi connectivity index (χ1) is 21.5. The SMILES string of the molecule is CCCOc1ccc(-c2cc(C(C(=O)OCCC(=O)O)n3cc4nc(-c5cccc(F)c5F)nc-4cn3)on2)c(C(F)(F)F)c1. The van der Waals surface area contributed by atoms with Crippen LogP contribution in [0.5, 0.6) is 5.75 Å². The Morgan fingerprint density at radius 1 is 1.02 bits per heavy atom. The molecule has 1 atom stereocenters. The van der Waals surface area contributed by atoms with Crippen LogP contribution < -0.4 is 4.74 Å². The van der Waals surface area contributed by atoms with Crippen LogP contribution in [0.15, 0.2) is 59.4 Å². The van der Waals surface area contributed by atoms with Crippen LogP contribution in [0.1, 0.15) is 37.1 Å². The van der Waals surface area contributed by atoms with Crippen molar-refractivity contribution in [1.29, 1.82) is 0 Å². The molecule has 0 aliphatic carbocycles. The number of benzene rings is 2. The van der Waals surface area contributed by atoms with Crippen LogP contribution in [0.25, 0.3) is 34.0 Å². The molecule has 234 valence electrons. The lowest BCUT2D eigenvalue weighted by Gasteiger charge is -2.16. The van der Waals surface area contributed by atoms with E-state index in [2.05, 4.69) is 20.2 Å². The van der Waals surface area contributed by atoms with Gasteiger partial charge in [0, 0.05) is 11.6 Å². The van der Waals surface area contributed by atoms with Gasteiger partial charge in [-0.3, -0.25) is 4.79 Å². The number of rotatable bonds is 11. The van der Waals surface area contributed by atoms with E-state index < -0.39 is 54.4 Å². The highest BCUT2D eigenvalue weighted by molar-refractivity contribution is 5.79. The van der Waals surface area contributed by atoms with Crippen LogP contribution in [0, 0.1) is 11.6 Å². The van der Waals surface area contributed by atoms with Gasteiger partial charge in [-0.2, -0.15) is 18.3 Å². The second kappa shape index (κ2) is 12.7. The maximum Gasteiger partial charge on any atom is 0.417 e. The van der Waals surface area contributed by atoms with E-state index >= 15 is 0 Å². The molecule has 5 rings (SSSR count). The van der Waals surface area contributed by atoms with Crippen molar-refractivity contribution < 1.29 is 50.6 Å². The van der Waals surface area contributed by atoms with Crippen molar-refractivity contribution in [2.24, 2.45) is 0 Å². The normalized spacial score (nSPS) is 12.3. The van der Waals surface area contributed by atoms with Crippen LogP contribution in [0.3, 0.4) is 0 Å². The summed E-state index contributed by atoms with van der Waals surface area (Å²) in [6, 6.07) is 6.26. The summed E-state index contributed by atoms with van der Waals surface area (Å²) in [4.78, 5) is 32.5. The van der Waals surface area contributed by atoms with Gasteiger partial charge in [0.1, 0.15) is 29.4 Å². The highest BCUT2D eigenvalue weighted by Gasteiger charge is 2.36. The van der Waals surface area contributed by atoms with Crippen molar-refractivity contribution in [1.82, 2.24) is 24.9 Å². The molecular formula is C29H22F5N5O6. The molecule has 0 spiro atoms. The fraction of sp³-hybridized carbons (Fsp3) is 0.241. The molecule has 0 amide bonds. The van der Waals surface area contributed by atoms with E-state index in [1.54, 1.807) is 6.92 Å². The van der Waals surface area contributed by atoms with Crippen LogP contribution in [-0.2, 0) is 20.5 Å². The number of carboxylic acids is 1. The maximum absolute atomic E-state index is 14.4. The Bertz CT molecular complexity index is 1820. The van der Waals surface area contributed by atoms with E-state index in [0.29, 0.717) is 6.42 Å². The van der Waals surface area contributed by atoms with E-state index in [1.807, 2.05) is 0 Å². The minimum Gasteiger partial charge on any atom is -0.494 e.